The number of nitrogens with zero attached hydrogens (tertiary/aromatic N) is 2. The second kappa shape index (κ2) is 7.41. The summed E-state index contributed by atoms with van der Waals surface area (Å²) in [4.78, 5) is 8.72. The van der Waals surface area contributed by atoms with Crippen molar-refractivity contribution in [1.82, 2.24) is 9.97 Å². The summed E-state index contributed by atoms with van der Waals surface area (Å²) < 4.78 is 1.08. The lowest BCUT2D eigenvalue weighted by molar-refractivity contribution is 0.847. The SMILES string of the molecule is CCCc1c(NC)ncnc1NC(C)c1cccc(Br)c1. The van der Waals surface area contributed by atoms with Gasteiger partial charge >= 0.3 is 0 Å². The van der Waals surface area contributed by atoms with Crippen LogP contribution in [0, 0.1) is 0 Å². The molecule has 2 rings (SSSR count). The van der Waals surface area contributed by atoms with Gasteiger partial charge in [-0.1, -0.05) is 41.4 Å². The van der Waals surface area contributed by atoms with Gasteiger partial charge in [-0.25, -0.2) is 9.97 Å². The minimum Gasteiger partial charge on any atom is -0.373 e. The van der Waals surface area contributed by atoms with Gasteiger partial charge in [0.15, 0.2) is 0 Å². The highest BCUT2D eigenvalue weighted by atomic mass is 79.9. The lowest BCUT2D eigenvalue weighted by Gasteiger charge is -2.19. The van der Waals surface area contributed by atoms with E-state index in [4.69, 9.17) is 0 Å². The molecule has 112 valence electrons. The maximum atomic E-state index is 4.42. The molecule has 0 fully saturated rings. The minimum atomic E-state index is 0.178. The molecule has 4 nitrogen and oxygen atoms in total. The van der Waals surface area contributed by atoms with Gasteiger partial charge in [-0.05, 0) is 31.0 Å². The molecule has 21 heavy (non-hydrogen) atoms. The molecule has 0 bridgehead atoms. The van der Waals surface area contributed by atoms with E-state index >= 15 is 0 Å². The molecule has 0 amide bonds. The van der Waals surface area contributed by atoms with Gasteiger partial charge < -0.3 is 10.6 Å². The third kappa shape index (κ3) is 3.94. The van der Waals surface area contributed by atoms with Gasteiger partial charge in [-0.15, -0.1) is 0 Å². The number of hydrogen-bond donors (Lipinski definition) is 2. The van der Waals surface area contributed by atoms with Crippen LogP contribution in [-0.4, -0.2) is 17.0 Å². The van der Waals surface area contributed by atoms with Crippen LogP contribution in [0.3, 0.4) is 0 Å². The molecule has 5 heteroatoms. The van der Waals surface area contributed by atoms with Crippen LogP contribution >= 0.6 is 15.9 Å². The fourth-order valence-corrected chi connectivity index (χ4v) is 2.72. The molecule has 1 atom stereocenters. The summed E-state index contributed by atoms with van der Waals surface area (Å²) in [6.07, 6.45) is 3.60. The minimum absolute atomic E-state index is 0.178. The maximum Gasteiger partial charge on any atom is 0.135 e. The van der Waals surface area contributed by atoms with E-state index in [0.29, 0.717) is 0 Å². The molecule has 1 heterocycles. The van der Waals surface area contributed by atoms with E-state index < -0.39 is 0 Å². The van der Waals surface area contributed by atoms with Crippen molar-refractivity contribution in [3.8, 4) is 0 Å². The van der Waals surface area contributed by atoms with Crippen molar-refractivity contribution in [2.75, 3.05) is 17.7 Å². The monoisotopic (exact) mass is 348 g/mol. The summed E-state index contributed by atoms with van der Waals surface area (Å²) in [5.41, 5.74) is 2.36. The molecule has 1 aromatic heterocycles. The van der Waals surface area contributed by atoms with Gasteiger partial charge in [-0.3, -0.25) is 0 Å². The quantitative estimate of drug-likeness (QED) is 0.811. The van der Waals surface area contributed by atoms with E-state index in [1.54, 1.807) is 6.33 Å². The zero-order valence-electron chi connectivity index (χ0n) is 12.7. The molecule has 0 saturated heterocycles. The first-order valence-corrected chi connectivity index (χ1v) is 7.98. The average Bonchev–Trinajstić information content (AvgIpc) is 2.49. The fourth-order valence-electron chi connectivity index (χ4n) is 2.30. The standard InChI is InChI=1S/C16H21BrN4/c1-4-6-14-15(18-3)19-10-20-16(14)21-11(2)12-7-5-8-13(17)9-12/h5,7-11H,4,6H2,1-3H3,(H2,18,19,20,21). The van der Waals surface area contributed by atoms with E-state index in [1.807, 2.05) is 19.2 Å². The maximum absolute atomic E-state index is 4.42. The van der Waals surface area contributed by atoms with Crippen LogP contribution in [0.15, 0.2) is 35.1 Å². The van der Waals surface area contributed by atoms with Crippen molar-refractivity contribution in [3.05, 3.63) is 46.2 Å². The van der Waals surface area contributed by atoms with E-state index in [9.17, 15) is 0 Å². The molecule has 2 N–H and O–H groups in total. The highest BCUT2D eigenvalue weighted by Crippen LogP contribution is 2.26. The number of nitrogens with one attached hydrogen (secondary N) is 2. The van der Waals surface area contributed by atoms with Gasteiger partial charge in [0.25, 0.3) is 0 Å². The zero-order valence-corrected chi connectivity index (χ0v) is 14.2. The third-order valence-electron chi connectivity index (χ3n) is 3.38. The number of aromatic nitrogens is 2. The average molecular weight is 349 g/mol. The first-order chi connectivity index (χ1) is 10.2. The molecule has 0 aliphatic carbocycles. The Balaban J connectivity index is 2.26. The molecular weight excluding hydrogens is 328 g/mol. The van der Waals surface area contributed by atoms with Crippen LogP contribution in [0.2, 0.25) is 0 Å². The van der Waals surface area contributed by atoms with Crippen molar-refractivity contribution in [1.29, 1.82) is 0 Å². The van der Waals surface area contributed by atoms with Crippen LogP contribution in [0.25, 0.3) is 0 Å². The first-order valence-electron chi connectivity index (χ1n) is 7.19. The highest BCUT2D eigenvalue weighted by molar-refractivity contribution is 9.10. The van der Waals surface area contributed by atoms with E-state index in [0.717, 1.165) is 34.5 Å². The summed E-state index contributed by atoms with van der Waals surface area (Å²) in [6.45, 7) is 4.30. The van der Waals surface area contributed by atoms with Crippen LogP contribution in [0.5, 0.6) is 0 Å². The molecule has 1 aromatic carbocycles. The van der Waals surface area contributed by atoms with Gasteiger partial charge in [0.05, 0.1) is 0 Å². The molecular formula is C16H21BrN4. The Labute approximate surface area is 134 Å². The molecule has 1 unspecified atom stereocenters. The smallest absolute Gasteiger partial charge is 0.135 e. The van der Waals surface area contributed by atoms with Gasteiger partial charge in [0, 0.05) is 23.1 Å². The highest BCUT2D eigenvalue weighted by Gasteiger charge is 2.13. The number of benzene rings is 1. The Morgan fingerprint density at radius 3 is 2.67 bits per heavy atom. The van der Waals surface area contributed by atoms with Crippen molar-refractivity contribution >= 4 is 27.6 Å². The Kier molecular flexibility index (Phi) is 5.56. The topological polar surface area (TPSA) is 49.8 Å². The molecule has 0 aliphatic rings. The predicted octanol–water partition coefficient (Wildman–Crippen LogP) is 4.41. The summed E-state index contributed by atoms with van der Waals surface area (Å²) in [6, 6.07) is 8.49. The number of halogens is 1. The Morgan fingerprint density at radius 1 is 1.24 bits per heavy atom. The third-order valence-corrected chi connectivity index (χ3v) is 3.88. The molecule has 0 radical (unpaired) electrons. The summed E-state index contributed by atoms with van der Waals surface area (Å²) in [5, 5.41) is 6.65. The van der Waals surface area contributed by atoms with Crippen LogP contribution in [0.4, 0.5) is 11.6 Å². The van der Waals surface area contributed by atoms with Gasteiger partial charge in [0.1, 0.15) is 18.0 Å². The second-order valence-electron chi connectivity index (χ2n) is 4.97. The van der Waals surface area contributed by atoms with Crippen LogP contribution in [0.1, 0.15) is 37.4 Å². The summed E-state index contributed by atoms with van der Waals surface area (Å²) >= 11 is 3.51. The van der Waals surface area contributed by atoms with Crippen LogP contribution in [-0.2, 0) is 6.42 Å². The largest absolute Gasteiger partial charge is 0.373 e. The van der Waals surface area contributed by atoms with Gasteiger partial charge in [0.2, 0.25) is 0 Å². The van der Waals surface area contributed by atoms with Crippen molar-refractivity contribution in [2.24, 2.45) is 0 Å². The van der Waals surface area contributed by atoms with Crippen molar-refractivity contribution in [3.63, 3.8) is 0 Å². The Morgan fingerprint density at radius 2 is 2.00 bits per heavy atom. The lowest BCUT2D eigenvalue weighted by Crippen LogP contribution is -2.12. The number of hydrogen-bond acceptors (Lipinski definition) is 4. The number of rotatable bonds is 6. The van der Waals surface area contributed by atoms with Crippen molar-refractivity contribution in [2.45, 2.75) is 32.7 Å². The second-order valence-corrected chi connectivity index (χ2v) is 5.89. The fraction of sp³-hybridized carbons (Fsp3) is 0.375. The normalized spacial score (nSPS) is 12.0. The van der Waals surface area contributed by atoms with Crippen molar-refractivity contribution < 1.29 is 0 Å². The summed E-state index contributed by atoms with van der Waals surface area (Å²) in [5.74, 6) is 1.81. The van der Waals surface area contributed by atoms with E-state index in [2.05, 4.69) is 62.5 Å². The van der Waals surface area contributed by atoms with Gasteiger partial charge in [-0.2, -0.15) is 0 Å². The predicted molar refractivity (Wildman–Crippen MR) is 91.8 cm³/mol. The lowest BCUT2D eigenvalue weighted by atomic mass is 10.1. The van der Waals surface area contributed by atoms with E-state index in [-0.39, 0.29) is 6.04 Å². The molecule has 2 aromatic rings. The number of anilines is 2. The van der Waals surface area contributed by atoms with Crippen LogP contribution < -0.4 is 10.6 Å². The zero-order chi connectivity index (χ0) is 15.2. The Bertz CT molecular complexity index is 601. The summed E-state index contributed by atoms with van der Waals surface area (Å²) in [7, 11) is 1.89. The van der Waals surface area contributed by atoms with E-state index in [1.165, 1.54) is 5.56 Å². The molecule has 0 saturated carbocycles. The Hall–Kier alpha value is -1.62. The first kappa shape index (κ1) is 15.8. The molecule has 0 spiro atoms. The molecule has 0 aliphatic heterocycles.